The fourth-order valence-corrected chi connectivity index (χ4v) is 1.38. The smallest absolute Gasteiger partial charge is 0.232 e. The van der Waals surface area contributed by atoms with Gasteiger partial charge in [-0.2, -0.15) is 26.3 Å². The van der Waals surface area contributed by atoms with E-state index in [2.05, 4.69) is 4.36 Å². The summed E-state index contributed by atoms with van der Waals surface area (Å²) in [6.07, 6.45) is 0. The Bertz CT molecular complexity index is 262. The molecule has 0 fully saturated rings. The maximum Gasteiger partial charge on any atom is 0.487 e. The predicted octanol–water partition coefficient (Wildman–Crippen LogP) is 2.51. The van der Waals surface area contributed by atoms with Crippen LogP contribution < -0.4 is 0 Å². The molecule has 0 heterocycles. The topological polar surface area (TPSA) is 29.4 Å². The van der Waals surface area contributed by atoms with E-state index in [-0.39, 0.29) is 0 Å². The summed E-state index contributed by atoms with van der Waals surface area (Å²) in [5.74, 6) is 0. The van der Waals surface area contributed by atoms with E-state index in [1.807, 2.05) is 0 Å². The van der Waals surface area contributed by atoms with E-state index in [0.717, 1.165) is 6.92 Å². The molecule has 0 saturated carbocycles. The third-order valence-electron chi connectivity index (χ3n) is 0.938. The molecule has 0 aromatic heterocycles. The molecule has 0 aliphatic heterocycles. The van der Waals surface area contributed by atoms with Crippen LogP contribution in [0.3, 0.4) is 0 Å². The van der Waals surface area contributed by atoms with E-state index in [4.69, 9.17) is 0 Å². The van der Waals surface area contributed by atoms with Crippen molar-refractivity contribution < 1.29 is 30.6 Å². The van der Waals surface area contributed by atoms with Crippen molar-refractivity contribution in [3.8, 4) is 0 Å². The average molecular weight is 229 g/mol. The first-order chi connectivity index (χ1) is 5.56. The molecule has 0 spiro atoms. The van der Waals surface area contributed by atoms with Gasteiger partial charge < -0.3 is 0 Å². The highest BCUT2D eigenvalue weighted by atomic mass is 32.2. The van der Waals surface area contributed by atoms with Crippen LogP contribution in [0.4, 0.5) is 26.3 Å². The number of rotatable bonds is 1. The zero-order valence-electron chi connectivity index (χ0n) is 6.24. The molecule has 0 aromatic carbocycles. The van der Waals surface area contributed by atoms with E-state index in [1.54, 1.807) is 0 Å². The Kier molecular flexibility index (Phi) is 3.23. The highest BCUT2D eigenvalue weighted by Crippen LogP contribution is 2.38. The molecule has 0 atom stereocenters. The largest absolute Gasteiger partial charge is 0.487 e. The molecule has 2 nitrogen and oxygen atoms in total. The molecule has 0 amide bonds. The van der Waals surface area contributed by atoms with Gasteiger partial charge in [0.25, 0.3) is 0 Å². The van der Waals surface area contributed by atoms with Gasteiger partial charge in [-0.05, 0) is 6.92 Å². The second kappa shape index (κ2) is 3.35. The second-order valence-electron chi connectivity index (χ2n) is 1.86. The molecular weight excluding hydrogens is 224 g/mol. The highest BCUT2D eigenvalue weighted by molar-refractivity contribution is 7.95. The van der Waals surface area contributed by atoms with Gasteiger partial charge in [-0.15, -0.1) is 0 Å². The maximum absolute atomic E-state index is 11.7. The van der Waals surface area contributed by atoms with Gasteiger partial charge in [0, 0.05) is 6.54 Å². The molecule has 0 radical (unpaired) electrons. The zero-order chi connectivity index (χ0) is 10.9. The van der Waals surface area contributed by atoms with Crippen LogP contribution in [0.5, 0.6) is 0 Å². The van der Waals surface area contributed by atoms with E-state index in [9.17, 15) is 30.6 Å². The number of nitrogens with zero attached hydrogens (tertiary/aromatic N) is 1. The molecule has 0 rings (SSSR count). The zero-order valence-corrected chi connectivity index (χ0v) is 7.06. The molecule has 9 heteroatoms. The SMILES string of the molecule is CCN=S(=O)(C(F)(F)F)C(F)(F)F. The van der Waals surface area contributed by atoms with Gasteiger partial charge in [-0.3, -0.25) is 0 Å². The molecule has 0 aliphatic rings. The van der Waals surface area contributed by atoms with Crippen LogP contribution in [-0.2, 0) is 9.73 Å². The van der Waals surface area contributed by atoms with Crippen LogP contribution in [0.1, 0.15) is 6.92 Å². The standard InChI is InChI=1S/C4H5F6NOS/c1-2-11-13(12,3(5,6)7)4(8,9)10/h2H2,1H3. The summed E-state index contributed by atoms with van der Waals surface area (Å²) in [5, 5.41) is 0. The number of hydrogen-bond acceptors (Lipinski definition) is 2. The van der Waals surface area contributed by atoms with Crippen molar-refractivity contribution in [3.05, 3.63) is 0 Å². The number of halogens is 6. The van der Waals surface area contributed by atoms with Crippen molar-refractivity contribution in [3.63, 3.8) is 0 Å². The lowest BCUT2D eigenvalue weighted by Crippen LogP contribution is -2.36. The first-order valence-electron chi connectivity index (χ1n) is 2.91. The summed E-state index contributed by atoms with van der Waals surface area (Å²) < 4.78 is 82.7. The summed E-state index contributed by atoms with van der Waals surface area (Å²) in [7, 11) is -6.15. The van der Waals surface area contributed by atoms with Crippen LogP contribution in [0.15, 0.2) is 4.36 Å². The minimum absolute atomic E-state index is 0.808. The summed E-state index contributed by atoms with van der Waals surface area (Å²) in [6.45, 7) is 0.134. The fourth-order valence-electron chi connectivity index (χ4n) is 0.459. The molecule has 0 bridgehead atoms. The molecule has 80 valence electrons. The Hall–Kier alpha value is -0.470. The summed E-state index contributed by atoms with van der Waals surface area (Å²) in [6, 6.07) is 0. The third kappa shape index (κ3) is 2.26. The lowest BCUT2D eigenvalue weighted by molar-refractivity contribution is -0.0829. The van der Waals surface area contributed by atoms with Crippen LogP contribution in [0.2, 0.25) is 0 Å². The van der Waals surface area contributed by atoms with Crippen molar-refractivity contribution in [1.29, 1.82) is 0 Å². The molecule has 0 saturated heterocycles. The van der Waals surface area contributed by atoms with Gasteiger partial charge in [-0.25, -0.2) is 8.57 Å². The highest BCUT2D eigenvalue weighted by Gasteiger charge is 2.60. The van der Waals surface area contributed by atoms with Crippen LogP contribution in [-0.4, -0.2) is 21.8 Å². The van der Waals surface area contributed by atoms with E-state index in [1.165, 1.54) is 0 Å². The molecule has 0 N–H and O–H groups in total. The van der Waals surface area contributed by atoms with E-state index >= 15 is 0 Å². The summed E-state index contributed by atoms with van der Waals surface area (Å²) in [5.41, 5.74) is -11.7. The van der Waals surface area contributed by atoms with Gasteiger partial charge in [0.15, 0.2) is 0 Å². The molecule has 0 aliphatic carbocycles. The van der Waals surface area contributed by atoms with Crippen LogP contribution in [0, 0.1) is 0 Å². The van der Waals surface area contributed by atoms with Crippen molar-refractivity contribution >= 4 is 9.73 Å². The quantitative estimate of drug-likeness (QED) is 0.635. The lowest BCUT2D eigenvalue weighted by atomic mass is 10.8. The summed E-state index contributed by atoms with van der Waals surface area (Å²) in [4.78, 5) is 0. The van der Waals surface area contributed by atoms with Crippen molar-refractivity contribution in [2.24, 2.45) is 4.36 Å². The minimum Gasteiger partial charge on any atom is -0.232 e. The normalized spacial score (nSPS) is 14.4. The Morgan fingerprint density at radius 1 is 1.08 bits per heavy atom. The Labute approximate surface area is 70.1 Å². The Balaban J connectivity index is 5.52. The van der Waals surface area contributed by atoms with Gasteiger partial charge in [0.05, 0.1) is 0 Å². The van der Waals surface area contributed by atoms with Gasteiger partial charge in [0.1, 0.15) is 0 Å². The van der Waals surface area contributed by atoms with Gasteiger partial charge in [0.2, 0.25) is 9.73 Å². The molecular formula is C4H5F6NOS. The van der Waals surface area contributed by atoms with E-state index < -0.39 is 27.3 Å². The first kappa shape index (κ1) is 12.5. The van der Waals surface area contributed by atoms with Gasteiger partial charge in [-0.1, -0.05) is 0 Å². The minimum atomic E-state index is -6.15. The number of hydrogen-bond donors (Lipinski definition) is 0. The Morgan fingerprint density at radius 3 is 1.46 bits per heavy atom. The first-order valence-corrected chi connectivity index (χ1v) is 4.43. The Morgan fingerprint density at radius 2 is 1.38 bits per heavy atom. The van der Waals surface area contributed by atoms with Crippen molar-refractivity contribution in [1.82, 2.24) is 0 Å². The van der Waals surface area contributed by atoms with Crippen molar-refractivity contribution in [2.75, 3.05) is 6.54 Å². The third-order valence-corrected chi connectivity index (χ3v) is 2.82. The molecule has 0 unspecified atom stereocenters. The number of alkyl halides is 6. The molecule has 0 aromatic rings. The van der Waals surface area contributed by atoms with Crippen LogP contribution >= 0.6 is 0 Å². The predicted molar refractivity (Wildman–Crippen MR) is 33.2 cm³/mol. The fraction of sp³-hybridized carbons (Fsp3) is 1.00. The monoisotopic (exact) mass is 229 g/mol. The van der Waals surface area contributed by atoms with Crippen LogP contribution in [0.25, 0.3) is 0 Å². The van der Waals surface area contributed by atoms with E-state index in [0.29, 0.717) is 0 Å². The van der Waals surface area contributed by atoms with Gasteiger partial charge >= 0.3 is 11.0 Å². The summed E-state index contributed by atoms with van der Waals surface area (Å²) >= 11 is 0. The van der Waals surface area contributed by atoms with Crippen molar-refractivity contribution in [2.45, 2.75) is 17.9 Å². The lowest BCUT2D eigenvalue weighted by Gasteiger charge is -2.15. The maximum atomic E-state index is 11.7. The molecule has 13 heavy (non-hydrogen) atoms. The average Bonchev–Trinajstić information content (AvgIpc) is 1.82. The second-order valence-corrected chi connectivity index (χ2v) is 4.10.